The van der Waals surface area contributed by atoms with E-state index in [0.29, 0.717) is 10.7 Å². The summed E-state index contributed by atoms with van der Waals surface area (Å²) in [6.45, 7) is 8.76. The number of para-hydroxylation sites is 1. The maximum absolute atomic E-state index is 13.8. The summed E-state index contributed by atoms with van der Waals surface area (Å²) in [6.07, 6.45) is 0.960. The molecule has 1 aliphatic rings. The third-order valence-corrected chi connectivity index (χ3v) is 4.84. The van der Waals surface area contributed by atoms with Crippen LogP contribution in [0.15, 0.2) is 24.3 Å². The molecular formula is C16H24FN3S. The molecule has 0 unspecified atom stereocenters. The Kier molecular flexibility index (Phi) is 5.17. The number of rotatable bonds is 5. The summed E-state index contributed by atoms with van der Waals surface area (Å²) in [6, 6.07) is 6.98. The van der Waals surface area contributed by atoms with E-state index in [1.807, 2.05) is 12.1 Å². The van der Waals surface area contributed by atoms with Gasteiger partial charge in [-0.15, -0.1) is 0 Å². The first-order chi connectivity index (χ1) is 9.90. The molecule has 0 aliphatic carbocycles. The van der Waals surface area contributed by atoms with Gasteiger partial charge in [0.15, 0.2) is 0 Å². The molecule has 0 spiro atoms. The number of anilines is 1. The van der Waals surface area contributed by atoms with Gasteiger partial charge in [-0.25, -0.2) is 4.39 Å². The molecule has 1 aromatic carbocycles. The molecule has 1 fully saturated rings. The van der Waals surface area contributed by atoms with Gasteiger partial charge in [-0.3, -0.25) is 4.90 Å². The minimum atomic E-state index is -0.138. The molecule has 0 aromatic heterocycles. The van der Waals surface area contributed by atoms with Crippen molar-refractivity contribution in [2.24, 2.45) is 11.1 Å². The number of hydrogen-bond donors (Lipinski definition) is 1. The maximum Gasteiger partial charge on any atom is 0.146 e. The maximum atomic E-state index is 13.8. The highest BCUT2D eigenvalue weighted by atomic mass is 32.1. The predicted molar refractivity (Wildman–Crippen MR) is 90.2 cm³/mol. The second kappa shape index (κ2) is 6.71. The molecule has 0 radical (unpaired) electrons. The zero-order chi connectivity index (χ0) is 15.5. The minimum absolute atomic E-state index is 0.0992. The molecule has 2 rings (SSSR count). The molecule has 0 saturated carbocycles. The SMILES string of the molecule is CC(C)(CCN1CCN(c2ccccc2F)CC1)C(N)=S. The lowest BCUT2D eigenvalue weighted by Crippen LogP contribution is -2.48. The van der Waals surface area contributed by atoms with Crippen LogP contribution in [0, 0.1) is 11.2 Å². The van der Waals surface area contributed by atoms with Crippen molar-refractivity contribution in [1.29, 1.82) is 0 Å². The highest BCUT2D eigenvalue weighted by Crippen LogP contribution is 2.23. The highest BCUT2D eigenvalue weighted by Gasteiger charge is 2.24. The average molecular weight is 309 g/mol. The Balaban J connectivity index is 1.84. The van der Waals surface area contributed by atoms with Gasteiger partial charge in [0.2, 0.25) is 0 Å². The Morgan fingerprint density at radius 3 is 2.43 bits per heavy atom. The summed E-state index contributed by atoms with van der Waals surface area (Å²) in [5.74, 6) is -0.138. The van der Waals surface area contributed by atoms with Gasteiger partial charge in [-0.05, 0) is 25.1 Å². The Labute approximate surface area is 131 Å². The van der Waals surface area contributed by atoms with Crippen molar-refractivity contribution in [3.8, 4) is 0 Å². The smallest absolute Gasteiger partial charge is 0.146 e. The van der Waals surface area contributed by atoms with Gasteiger partial charge in [-0.1, -0.05) is 38.2 Å². The summed E-state index contributed by atoms with van der Waals surface area (Å²) in [7, 11) is 0. The summed E-state index contributed by atoms with van der Waals surface area (Å²) in [4.78, 5) is 5.09. The number of nitrogens with two attached hydrogens (primary N) is 1. The van der Waals surface area contributed by atoms with Crippen LogP contribution in [0.3, 0.4) is 0 Å². The summed E-state index contributed by atoms with van der Waals surface area (Å²) >= 11 is 5.10. The monoisotopic (exact) mass is 309 g/mol. The molecule has 1 aliphatic heterocycles. The van der Waals surface area contributed by atoms with Gasteiger partial charge in [0, 0.05) is 31.6 Å². The van der Waals surface area contributed by atoms with Crippen molar-refractivity contribution in [1.82, 2.24) is 4.90 Å². The fourth-order valence-electron chi connectivity index (χ4n) is 2.48. The second-order valence-electron chi connectivity index (χ2n) is 6.28. The standard InChI is InChI=1S/C16H24FN3S/c1-16(2,15(18)21)7-8-19-9-11-20(12-10-19)14-6-4-3-5-13(14)17/h3-6H,7-12H2,1-2H3,(H2,18,21). The van der Waals surface area contributed by atoms with Crippen LogP contribution in [0.25, 0.3) is 0 Å². The molecule has 1 aromatic rings. The molecule has 3 nitrogen and oxygen atoms in total. The van der Waals surface area contributed by atoms with Crippen LogP contribution in [-0.4, -0.2) is 42.6 Å². The normalized spacial score (nSPS) is 17.0. The molecule has 21 heavy (non-hydrogen) atoms. The van der Waals surface area contributed by atoms with Crippen LogP contribution in [-0.2, 0) is 0 Å². The van der Waals surface area contributed by atoms with Crippen molar-refractivity contribution in [3.05, 3.63) is 30.1 Å². The molecule has 0 bridgehead atoms. The van der Waals surface area contributed by atoms with E-state index >= 15 is 0 Å². The number of nitrogens with zero attached hydrogens (tertiary/aromatic N) is 2. The van der Waals surface area contributed by atoms with Crippen LogP contribution in [0.4, 0.5) is 10.1 Å². The number of piperazine rings is 1. The first-order valence-corrected chi connectivity index (χ1v) is 7.83. The van der Waals surface area contributed by atoms with E-state index in [2.05, 4.69) is 23.6 Å². The topological polar surface area (TPSA) is 32.5 Å². The zero-order valence-corrected chi connectivity index (χ0v) is 13.6. The molecule has 5 heteroatoms. The number of benzene rings is 1. The van der Waals surface area contributed by atoms with E-state index in [1.54, 1.807) is 6.07 Å². The Bertz CT molecular complexity index is 496. The third kappa shape index (κ3) is 4.14. The lowest BCUT2D eigenvalue weighted by molar-refractivity contribution is 0.233. The van der Waals surface area contributed by atoms with Crippen LogP contribution < -0.4 is 10.6 Å². The number of thiocarbonyl (C=S) groups is 1. The Hall–Kier alpha value is -1.20. The quantitative estimate of drug-likeness (QED) is 0.848. The van der Waals surface area contributed by atoms with Crippen LogP contribution in [0.2, 0.25) is 0 Å². The van der Waals surface area contributed by atoms with E-state index in [1.165, 1.54) is 6.07 Å². The number of hydrogen-bond acceptors (Lipinski definition) is 3. The second-order valence-corrected chi connectivity index (χ2v) is 6.72. The summed E-state index contributed by atoms with van der Waals surface area (Å²) in [5.41, 5.74) is 6.37. The fourth-order valence-corrected chi connectivity index (χ4v) is 2.58. The highest BCUT2D eigenvalue weighted by molar-refractivity contribution is 7.80. The van der Waals surface area contributed by atoms with Crippen molar-refractivity contribution >= 4 is 22.9 Å². The molecule has 116 valence electrons. The molecule has 1 saturated heterocycles. The van der Waals surface area contributed by atoms with E-state index < -0.39 is 0 Å². The molecule has 1 heterocycles. The third-order valence-electron chi connectivity index (χ3n) is 4.29. The van der Waals surface area contributed by atoms with E-state index in [4.69, 9.17) is 18.0 Å². The van der Waals surface area contributed by atoms with Gasteiger partial charge in [0.05, 0.1) is 10.7 Å². The van der Waals surface area contributed by atoms with Crippen molar-refractivity contribution < 1.29 is 4.39 Å². The van der Waals surface area contributed by atoms with E-state index in [-0.39, 0.29) is 11.2 Å². The Morgan fingerprint density at radius 1 is 1.24 bits per heavy atom. The zero-order valence-electron chi connectivity index (χ0n) is 12.8. The van der Waals surface area contributed by atoms with Crippen molar-refractivity contribution in [3.63, 3.8) is 0 Å². The lowest BCUT2D eigenvalue weighted by atomic mass is 9.89. The Morgan fingerprint density at radius 2 is 1.86 bits per heavy atom. The fraction of sp³-hybridized carbons (Fsp3) is 0.562. The molecule has 0 amide bonds. The molecule has 2 N–H and O–H groups in total. The summed E-state index contributed by atoms with van der Waals surface area (Å²) in [5, 5.41) is 0. The van der Waals surface area contributed by atoms with Gasteiger partial charge in [0.1, 0.15) is 5.82 Å². The van der Waals surface area contributed by atoms with Crippen molar-refractivity contribution in [2.45, 2.75) is 20.3 Å². The van der Waals surface area contributed by atoms with E-state index in [9.17, 15) is 4.39 Å². The van der Waals surface area contributed by atoms with Gasteiger partial charge in [0.25, 0.3) is 0 Å². The van der Waals surface area contributed by atoms with Crippen LogP contribution >= 0.6 is 12.2 Å². The van der Waals surface area contributed by atoms with Crippen LogP contribution in [0.5, 0.6) is 0 Å². The molecular weight excluding hydrogens is 285 g/mol. The van der Waals surface area contributed by atoms with Gasteiger partial charge >= 0.3 is 0 Å². The van der Waals surface area contributed by atoms with Gasteiger partial charge < -0.3 is 10.6 Å². The van der Waals surface area contributed by atoms with Gasteiger partial charge in [-0.2, -0.15) is 0 Å². The average Bonchev–Trinajstić information content (AvgIpc) is 2.46. The van der Waals surface area contributed by atoms with E-state index in [0.717, 1.165) is 39.1 Å². The van der Waals surface area contributed by atoms with Crippen LogP contribution in [0.1, 0.15) is 20.3 Å². The lowest BCUT2D eigenvalue weighted by Gasteiger charge is -2.37. The van der Waals surface area contributed by atoms with Crippen molar-refractivity contribution in [2.75, 3.05) is 37.6 Å². The number of halogens is 1. The first-order valence-electron chi connectivity index (χ1n) is 7.42. The minimum Gasteiger partial charge on any atom is -0.393 e. The predicted octanol–water partition coefficient (Wildman–Crippen LogP) is 2.65. The molecule has 0 atom stereocenters. The first kappa shape index (κ1) is 16.2. The summed E-state index contributed by atoms with van der Waals surface area (Å²) < 4.78 is 13.8. The largest absolute Gasteiger partial charge is 0.393 e.